The molecule has 0 saturated heterocycles. The summed E-state index contributed by atoms with van der Waals surface area (Å²) in [6.07, 6.45) is 0.0328. The van der Waals surface area contributed by atoms with E-state index in [1.54, 1.807) is 11.7 Å². The molecule has 0 saturated carbocycles. The Kier molecular flexibility index (Phi) is 6.50. The van der Waals surface area contributed by atoms with Crippen LogP contribution in [0.5, 0.6) is 11.5 Å². The van der Waals surface area contributed by atoms with Gasteiger partial charge in [0, 0.05) is 6.54 Å². The Bertz CT molecular complexity index is 1100. The first-order valence-corrected chi connectivity index (χ1v) is 10.2. The quantitative estimate of drug-likeness (QED) is 0.616. The van der Waals surface area contributed by atoms with Gasteiger partial charge in [0.1, 0.15) is 6.54 Å². The molecule has 160 valence electrons. The van der Waals surface area contributed by atoms with Crippen molar-refractivity contribution in [2.24, 2.45) is 0 Å². The van der Waals surface area contributed by atoms with E-state index in [1.165, 1.54) is 4.57 Å². The number of nitrogens with one attached hydrogen (secondary N) is 1. The summed E-state index contributed by atoms with van der Waals surface area (Å²) in [5.74, 6) is 1.04. The zero-order chi connectivity index (χ0) is 21.8. The summed E-state index contributed by atoms with van der Waals surface area (Å²) >= 11 is 0. The first kappa shape index (κ1) is 21.5. The number of para-hydroxylation sites is 2. The fourth-order valence-electron chi connectivity index (χ4n) is 3.55. The highest BCUT2D eigenvalue weighted by atomic mass is 16.5. The molecule has 1 atom stereocenters. The van der Waals surface area contributed by atoms with Crippen molar-refractivity contribution in [1.29, 1.82) is 0 Å². The summed E-state index contributed by atoms with van der Waals surface area (Å²) in [7, 11) is 1.59. The molecule has 1 heterocycles. The van der Waals surface area contributed by atoms with E-state index in [2.05, 4.69) is 5.32 Å². The molecule has 0 radical (unpaired) electrons. The molecule has 3 rings (SSSR count). The molecule has 0 fully saturated rings. The lowest BCUT2D eigenvalue weighted by atomic mass is 10.1. The summed E-state index contributed by atoms with van der Waals surface area (Å²) in [6.45, 7) is 8.23. The number of aryl methyl sites for hydroxylation is 1. The van der Waals surface area contributed by atoms with Gasteiger partial charge >= 0.3 is 5.69 Å². The van der Waals surface area contributed by atoms with Crippen LogP contribution >= 0.6 is 0 Å². The number of rotatable bonds is 8. The van der Waals surface area contributed by atoms with E-state index < -0.39 is 0 Å². The van der Waals surface area contributed by atoms with Crippen LogP contribution in [0.1, 0.15) is 39.3 Å². The summed E-state index contributed by atoms with van der Waals surface area (Å²) in [5, 5.41) is 2.97. The van der Waals surface area contributed by atoms with E-state index in [1.807, 2.05) is 70.2 Å². The van der Waals surface area contributed by atoms with Gasteiger partial charge in [0.2, 0.25) is 5.91 Å². The number of methoxy groups -OCH3 is 1. The second-order valence-electron chi connectivity index (χ2n) is 7.47. The molecular weight excluding hydrogens is 382 g/mol. The molecule has 0 aliphatic carbocycles. The normalized spacial score (nSPS) is 12.2. The lowest BCUT2D eigenvalue weighted by Gasteiger charge is -2.18. The Morgan fingerprint density at radius 3 is 2.30 bits per heavy atom. The minimum absolute atomic E-state index is 0.0328. The molecule has 3 aromatic rings. The van der Waals surface area contributed by atoms with Gasteiger partial charge in [-0.2, -0.15) is 0 Å². The number of nitrogens with zero attached hydrogens (tertiary/aromatic N) is 2. The minimum Gasteiger partial charge on any atom is -0.493 e. The SMILES string of the molecule is CCn1c(=O)n(CC(=O)NC(C)c2ccc(OC(C)C)c(OC)c2)c2ccccc21. The fourth-order valence-corrected chi connectivity index (χ4v) is 3.55. The predicted molar refractivity (Wildman–Crippen MR) is 117 cm³/mol. The maximum Gasteiger partial charge on any atom is 0.329 e. The monoisotopic (exact) mass is 411 g/mol. The summed E-state index contributed by atoms with van der Waals surface area (Å²) < 4.78 is 14.4. The van der Waals surface area contributed by atoms with Crippen molar-refractivity contribution in [3.8, 4) is 11.5 Å². The molecule has 1 unspecified atom stereocenters. The van der Waals surface area contributed by atoms with Crippen molar-refractivity contribution in [3.05, 3.63) is 58.5 Å². The van der Waals surface area contributed by atoms with E-state index in [9.17, 15) is 9.59 Å². The molecule has 7 nitrogen and oxygen atoms in total. The maximum absolute atomic E-state index is 12.7. The van der Waals surface area contributed by atoms with Crippen molar-refractivity contribution in [2.75, 3.05) is 7.11 Å². The average Bonchev–Trinajstić information content (AvgIpc) is 2.98. The van der Waals surface area contributed by atoms with Gasteiger partial charge in [0.15, 0.2) is 11.5 Å². The molecule has 1 aromatic heterocycles. The van der Waals surface area contributed by atoms with Gasteiger partial charge < -0.3 is 14.8 Å². The zero-order valence-corrected chi connectivity index (χ0v) is 18.1. The number of hydrogen-bond donors (Lipinski definition) is 1. The van der Waals surface area contributed by atoms with Crippen LogP contribution in [0.25, 0.3) is 11.0 Å². The zero-order valence-electron chi connectivity index (χ0n) is 18.1. The van der Waals surface area contributed by atoms with Crippen molar-refractivity contribution in [1.82, 2.24) is 14.5 Å². The van der Waals surface area contributed by atoms with Gasteiger partial charge in [0.05, 0.1) is 30.3 Å². The highest BCUT2D eigenvalue weighted by Crippen LogP contribution is 2.31. The summed E-state index contributed by atoms with van der Waals surface area (Å²) in [5.41, 5.74) is 2.29. The fraction of sp³-hybridized carbons (Fsp3) is 0.391. The standard InChI is InChI=1S/C23H29N3O4/c1-6-25-18-9-7-8-10-19(18)26(23(25)28)14-22(27)24-16(4)17-11-12-20(30-15(2)3)21(13-17)29-5/h7-13,15-16H,6,14H2,1-5H3,(H,24,27). The van der Waals surface area contributed by atoms with Crippen molar-refractivity contribution in [3.63, 3.8) is 0 Å². The Morgan fingerprint density at radius 1 is 1.03 bits per heavy atom. The number of aromatic nitrogens is 2. The Morgan fingerprint density at radius 2 is 1.70 bits per heavy atom. The minimum atomic E-state index is -0.255. The number of amides is 1. The van der Waals surface area contributed by atoms with Crippen LogP contribution in [-0.2, 0) is 17.9 Å². The Balaban J connectivity index is 1.78. The van der Waals surface area contributed by atoms with Gasteiger partial charge in [-0.15, -0.1) is 0 Å². The number of carbonyl (C=O) groups is 1. The molecule has 1 amide bonds. The molecular formula is C23H29N3O4. The largest absolute Gasteiger partial charge is 0.493 e. The molecule has 30 heavy (non-hydrogen) atoms. The van der Waals surface area contributed by atoms with E-state index in [4.69, 9.17) is 9.47 Å². The topological polar surface area (TPSA) is 74.5 Å². The first-order chi connectivity index (χ1) is 14.3. The third-order valence-corrected chi connectivity index (χ3v) is 4.97. The number of fused-ring (bicyclic) bond motifs is 1. The number of benzene rings is 2. The predicted octanol–water partition coefficient (Wildman–Crippen LogP) is 3.50. The van der Waals surface area contributed by atoms with Crippen LogP contribution in [0.4, 0.5) is 0 Å². The Labute approximate surface area is 176 Å². The van der Waals surface area contributed by atoms with E-state index >= 15 is 0 Å². The smallest absolute Gasteiger partial charge is 0.329 e. The van der Waals surface area contributed by atoms with Crippen LogP contribution in [0, 0.1) is 0 Å². The molecule has 0 spiro atoms. The van der Waals surface area contributed by atoms with Crippen LogP contribution in [-0.4, -0.2) is 28.3 Å². The van der Waals surface area contributed by atoms with Gasteiger partial charge in [-0.05, 0) is 57.5 Å². The second-order valence-corrected chi connectivity index (χ2v) is 7.47. The third-order valence-electron chi connectivity index (χ3n) is 4.97. The van der Waals surface area contributed by atoms with Gasteiger partial charge in [0.25, 0.3) is 0 Å². The van der Waals surface area contributed by atoms with Gasteiger partial charge in [-0.1, -0.05) is 18.2 Å². The number of ether oxygens (including phenoxy) is 2. The van der Waals surface area contributed by atoms with Crippen molar-refractivity contribution in [2.45, 2.75) is 52.9 Å². The maximum atomic E-state index is 12.7. The highest BCUT2D eigenvalue weighted by molar-refractivity contribution is 5.81. The second kappa shape index (κ2) is 9.07. The number of carbonyl (C=O) groups excluding carboxylic acids is 1. The van der Waals surface area contributed by atoms with Crippen LogP contribution in [0.2, 0.25) is 0 Å². The van der Waals surface area contributed by atoms with E-state index in [-0.39, 0.29) is 30.3 Å². The molecule has 7 heteroatoms. The summed E-state index contributed by atoms with van der Waals surface area (Å²) in [6, 6.07) is 12.9. The van der Waals surface area contributed by atoms with Gasteiger partial charge in [-0.3, -0.25) is 13.9 Å². The average molecular weight is 412 g/mol. The van der Waals surface area contributed by atoms with Gasteiger partial charge in [-0.25, -0.2) is 4.79 Å². The lowest BCUT2D eigenvalue weighted by molar-refractivity contribution is -0.122. The Hall–Kier alpha value is -3.22. The first-order valence-electron chi connectivity index (χ1n) is 10.2. The molecule has 0 aliphatic rings. The molecule has 0 bridgehead atoms. The van der Waals surface area contributed by atoms with E-state index in [0.717, 1.165) is 16.6 Å². The number of imidazole rings is 1. The van der Waals surface area contributed by atoms with Crippen molar-refractivity contribution < 1.29 is 14.3 Å². The van der Waals surface area contributed by atoms with Crippen LogP contribution in [0.3, 0.4) is 0 Å². The summed E-state index contributed by atoms with van der Waals surface area (Å²) in [4.78, 5) is 25.5. The van der Waals surface area contributed by atoms with Crippen LogP contribution in [0.15, 0.2) is 47.3 Å². The molecule has 2 aromatic carbocycles. The highest BCUT2D eigenvalue weighted by Gasteiger charge is 2.17. The molecule has 1 N–H and O–H groups in total. The third kappa shape index (κ3) is 4.35. The lowest BCUT2D eigenvalue weighted by Crippen LogP contribution is -2.34. The molecule has 0 aliphatic heterocycles. The van der Waals surface area contributed by atoms with E-state index in [0.29, 0.717) is 18.0 Å². The number of hydrogen-bond acceptors (Lipinski definition) is 4. The van der Waals surface area contributed by atoms with Crippen molar-refractivity contribution >= 4 is 16.9 Å². The van der Waals surface area contributed by atoms with Crippen LogP contribution < -0.4 is 20.5 Å².